The molecule has 0 spiro atoms. The highest BCUT2D eigenvalue weighted by Crippen LogP contribution is 2.34. The predicted octanol–water partition coefficient (Wildman–Crippen LogP) is 10.6. The number of primary amides is 1. The number of carbonyl (C=O) groups excluding carboxylic acids is 9. The first-order valence-electron chi connectivity index (χ1n) is 29.9. The molecule has 1 aliphatic heterocycles. The Hall–Kier alpha value is -9.87. The normalized spacial score (nSPS) is 12.9. The van der Waals surface area contributed by atoms with Crippen molar-refractivity contribution in [2.45, 2.75) is 147 Å². The van der Waals surface area contributed by atoms with Crippen LogP contribution in [0.3, 0.4) is 0 Å². The molecule has 470 valence electrons. The summed E-state index contributed by atoms with van der Waals surface area (Å²) in [5, 5.41) is 31.5. The first kappa shape index (κ1) is 67.3. The van der Waals surface area contributed by atoms with Gasteiger partial charge in [0.2, 0.25) is 0 Å². The number of benzene rings is 5. The van der Waals surface area contributed by atoms with Gasteiger partial charge in [0.1, 0.15) is 0 Å². The quantitative estimate of drug-likeness (QED) is 0.0305. The number of esters is 3. The summed E-state index contributed by atoms with van der Waals surface area (Å²) in [7, 11) is 0. The molecule has 12 amide bonds. The molecule has 24 heteroatoms. The van der Waals surface area contributed by atoms with Gasteiger partial charge in [0.15, 0.2) is 0 Å². The van der Waals surface area contributed by atoms with Crippen molar-refractivity contribution in [3.05, 3.63) is 138 Å². The number of nitrogens with two attached hydrogens (primary N) is 1. The van der Waals surface area contributed by atoms with E-state index < -0.39 is 54.1 Å². The van der Waals surface area contributed by atoms with E-state index in [1.165, 1.54) is 54.6 Å². The lowest BCUT2D eigenvalue weighted by Gasteiger charge is -2.27. The van der Waals surface area contributed by atoms with E-state index in [0.717, 1.165) is 50.1 Å². The number of anilines is 6. The molecule has 5 aromatic rings. The highest BCUT2D eigenvalue weighted by Gasteiger charge is 2.27. The van der Waals surface area contributed by atoms with Crippen LogP contribution in [-0.4, -0.2) is 73.9 Å². The molecule has 88 heavy (non-hydrogen) atoms. The molecule has 5 aromatic carbocycles. The van der Waals surface area contributed by atoms with Gasteiger partial charge in [-0.1, -0.05) is 48.5 Å². The first-order chi connectivity index (χ1) is 42.3. The van der Waals surface area contributed by atoms with E-state index in [4.69, 9.17) is 19.9 Å². The van der Waals surface area contributed by atoms with E-state index in [9.17, 15) is 43.2 Å². The Morgan fingerprint density at radius 3 is 1.07 bits per heavy atom. The molecule has 24 nitrogen and oxygen atoms in total. The van der Waals surface area contributed by atoms with Gasteiger partial charge < -0.3 is 78.4 Å². The maximum atomic E-state index is 14.3. The smallest absolute Gasteiger partial charge is 0.338 e. The fraction of sp³-hybridized carbons (Fsp3) is 0.391. The minimum atomic E-state index is -0.947. The third kappa shape index (κ3) is 16.6. The van der Waals surface area contributed by atoms with Gasteiger partial charge in [-0.3, -0.25) is 0 Å². The number of fused-ring (bicyclic) bond motifs is 6. The average Bonchev–Trinajstić information content (AvgIpc) is 1.90. The summed E-state index contributed by atoms with van der Waals surface area (Å²) >= 11 is 0. The van der Waals surface area contributed by atoms with Crippen LogP contribution in [0.15, 0.2) is 54.6 Å². The zero-order valence-corrected chi connectivity index (χ0v) is 51.8. The molecule has 0 aliphatic carbocycles. The summed E-state index contributed by atoms with van der Waals surface area (Å²) in [4.78, 5) is 122. The third-order valence-electron chi connectivity index (χ3n) is 15.1. The Balaban J connectivity index is 1.47. The number of hydrogen-bond acceptors (Lipinski definition) is 12. The predicted molar refractivity (Wildman–Crippen MR) is 338 cm³/mol. The summed E-state index contributed by atoms with van der Waals surface area (Å²) in [6.45, 7) is 19.2. The summed E-state index contributed by atoms with van der Waals surface area (Å²) in [5.41, 5.74) is 16.8. The second-order valence-electron chi connectivity index (χ2n) is 20.2. The van der Waals surface area contributed by atoms with Crippen molar-refractivity contribution in [1.82, 2.24) is 26.6 Å². The Kier molecular flexibility index (Phi) is 24.5. The molecule has 0 saturated carbocycles. The van der Waals surface area contributed by atoms with Crippen LogP contribution in [0, 0.1) is 0 Å². The van der Waals surface area contributed by atoms with E-state index in [1.807, 2.05) is 27.7 Å². The van der Waals surface area contributed by atoms with Crippen LogP contribution in [0.25, 0.3) is 0 Å². The Morgan fingerprint density at radius 2 is 0.727 bits per heavy atom. The third-order valence-corrected chi connectivity index (χ3v) is 15.1. The molecule has 13 N–H and O–H groups in total. The van der Waals surface area contributed by atoms with Crippen LogP contribution in [0.2, 0.25) is 0 Å². The fourth-order valence-electron chi connectivity index (χ4n) is 11.3. The van der Waals surface area contributed by atoms with Gasteiger partial charge in [0, 0.05) is 32.7 Å². The fourth-order valence-corrected chi connectivity index (χ4v) is 11.3. The Bertz CT molecular complexity index is 3310. The number of amides is 12. The lowest BCUT2D eigenvalue weighted by molar-refractivity contribution is 0.0517. The summed E-state index contributed by atoms with van der Waals surface area (Å²) in [5.74, 6) is -1.95. The molecule has 0 aromatic heterocycles. The number of rotatable bonds is 17. The van der Waals surface area contributed by atoms with Gasteiger partial charge >= 0.3 is 54.1 Å². The van der Waals surface area contributed by atoms with E-state index in [2.05, 4.69) is 79.3 Å². The van der Waals surface area contributed by atoms with Gasteiger partial charge in [-0.25, -0.2) is 43.2 Å². The summed E-state index contributed by atoms with van der Waals surface area (Å²) in [6.07, 6.45) is 3.77. The average molecular weight is 1210 g/mol. The standard InChI is InChI=1S/C64H82N12O12/c1-11-38-39(12-2)45-30-69-63(84)75-54-28-36(57(78)87-19-9)22-25-51(54)73-61(82)67-33-48-42(15-5)47(32-66-60(81)72-50-24-21-35(56(77)86-18-8)27-53(50)71-59(65)80)43(16-6)49(44(48)17-7)34-68-62(83)74-52-26-23-37(58(79)88-20-10)29-55(52)76-64(85)70-31-46(40(38)13-3)41(45)14-4/h21-29H,11-20,30-34H2,1-10H3,(H3,65,71,80)(H2,66,72,81)(H2,67,73,82)(H2,68,74,83)(H2,69,75,84)(H2,70,76,85). The maximum Gasteiger partial charge on any atom is 0.338 e. The van der Waals surface area contributed by atoms with Crippen molar-refractivity contribution >= 4 is 88.2 Å². The molecule has 0 atom stereocenters. The van der Waals surface area contributed by atoms with Crippen molar-refractivity contribution in [3.8, 4) is 0 Å². The molecule has 1 aliphatic rings. The van der Waals surface area contributed by atoms with Crippen molar-refractivity contribution in [1.29, 1.82) is 0 Å². The van der Waals surface area contributed by atoms with Gasteiger partial charge in [0.25, 0.3) is 0 Å². The van der Waals surface area contributed by atoms with Crippen LogP contribution in [0.5, 0.6) is 0 Å². The molecular weight excluding hydrogens is 1130 g/mol. The van der Waals surface area contributed by atoms with Crippen LogP contribution >= 0.6 is 0 Å². The lowest BCUT2D eigenvalue weighted by Crippen LogP contribution is -2.34. The van der Waals surface area contributed by atoms with E-state index in [0.29, 0.717) is 61.6 Å². The topological polar surface area (TPSA) is 340 Å². The first-order valence-corrected chi connectivity index (χ1v) is 29.9. The molecule has 6 rings (SSSR count). The summed E-state index contributed by atoms with van der Waals surface area (Å²) in [6, 6.07) is 8.64. The number of ether oxygens (including phenoxy) is 3. The molecule has 0 saturated heterocycles. The number of urea groups is 6. The largest absolute Gasteiger partial charge is 0.462 e. The zero-order valence-electron chi connectivity index (χ0n) is 51.8. The molecule has 0 radical (unpaired) electrons. The van der Waals surface area contributed by atoms with Gasteiger partial charge in [-0.15, -0.1) is 0 Å². The Labute approximate surface area is 512 Å². The summed E-state index contributed by atoms with van der Waals surface area (Å²) < 4.78 is 15.7. The molecule has 1 heterocycles. The Morgan fingerprint density at radius 1 is 0.398 bits per heavy atom. The number of carbonyl (C=O) groups is 9. The van der Waals surface area contributed by atoms with E-state index in [-0.39, 0.29) is 103 Å². The number of hydrogen-bond donors (Lipinski definition) is 12. The van der Waals surface area contributed by atoms with Gasteiger partial charge in [0.05, 0.1) is 70.6 Å². The van der Waals surface area contributed by atoms with Crippen LogP contribution in [0.1, 0.15) is 167 Å². The highest BCUT2D eigenvalue weighted by molar-refractivity contribution is 6.04. The van der Waals surface area contributed by atoms with E-state index >= 15 is 0 Å². The van der Waals surface area contributed by atoms with Gasteiger partial charge in [-0.05, 0) is 187 Å². The molecular formula is C64H82N12O12. The van der Waals surface area contributed by atoms with Crippen LogP contribution in [0.4, 0.5) is 62.9 Å². The molecule has 4 bridgehead atoms. The maximum absolute atomic E-state index is 14.3. The second kappa shape index (κ2) is 32.0. The molecule has 0 fully saturated rings. The lowest BCUT2D eigenvalue weighted by atomic mass is 9.82. The molecule has 0 unspecified atom stereocenters. The second-order valence-corrected chi connectivity index (χ2v) is 20.2. The minimum absolute atomic E-state index is 0.0343. The van der Waals surface area contributed by atoms with Crippen LogP contribution < -0.4 is 64.2 Å². The van der Waals surface area contributed by atoms with Crippen molar-refractivity contribution in [2.24, 2.45) is 5.73 Å². The van der Waals surface area contributed by atoms with Crippen molar-refractivity contribution < 1.29 is 57.4 Å². The zero-order chi connectivity index (χ0) is 64.2. The van der Waals surface area contributed by atoms with Crippen LogP contribution in [-0.2, 0) is 91.9 Å². The van der Waals surface area contributed by atoms with Gasteiger partial charge in [-0.2, -0.15) is 0 Å². The van der Waals surface area contributed by atoms with E-state index in [1.54, 1.807) is 20.8 Å². The monoisotopic (exact) mass is 1210 g/mol. The van der Waals surface area contributed by atoms with Crippen molar-refractivity contribution in [2.75, 3.05) is 51.7 Å². The number of nitrogens with one attached hydrogen (secondary N) is 11. The highest BCUT2D eigenvalue weighted by atomic mass is 16.5. The van der Waals surface area contributed by atoms with Crippen molar-refractivity contribution in [3.63, 3.8) is 0 Å². The SMILES string of the molecule is CCOC(=O)c1ccc(NC(=O)NCc2c(CC)c3c(CC)c(c2CC)CNC(=O)Nc2ccc(C(=O)OCC)cc2NC(=O)NCc2c(CC)c(CC)c(CC)c(c2CC)CNC(=O)Nc2cc(C(=O)OCC)ccc2NC(=O)NC3)c(NC(N)=O)c1. The minimum Gasteiger partial charge on any atom is -0.462 e.